The Kier molecular flexibility index (Phi) is 6.60. The quantitative estimate of drug-likeness (QED) is 0.783. The molecule has 3 rings (SSSR count). The van der Waals surface area contributed by atoms with Crippen molar-refractivity contribution in [1.82, 2.24) is 9.80 Å². The van der Waals surface area contributed by atoms with Gasteiger partial charge in [0.05, 0.1) is 25.7 Å². The maximum absolute atomic E-state index is 12.5. The predicted molar refractivity (Wildman–Crippen MR) is 97.7 cm³/mol. The van der Waals surface area contributed by atoms with Gasteiger partial charge in [-0.1, -0.05) is 12.1 Å². The fourth-order valence-corrected chi connectivity index (χ4v) is 3.40. The second-order valence-corrected chi connectivity index (χ2v) is 6.82. The number of benzene rings is 1. The summed E-state index contributed by atoms with van der Waals surface area (Å²) in [7, 11) is 1.64. The zero-order valence-corrected chi connectivity index (χ0v) is 15.3. The molecule has 0 saturated carbocycles. The van der Waals surface area contributed by atoms with Crippen LogP contribution in [-0.4, -0.2) is 74.7 Å². The normalized spacial score (nSPS) is 21.2. The number of amides is 2. The number of morpholine rings is 1. The van der Waals surface area contributed by atoms with E-state index in [1.165, 1.54) is 0 Å². The van der Waals surface area contributed by atoms with Gasteiger partial charge in [-0.2, -0.15) is 0 Å². The minimum Gasteiger partial charge on any atom is -0.380 e. The lowest BCUT2D eigenvalue weighted by molar-refractivity contribution is -0.128. The van der Waals surface area contributed by atoms with Crippen LogP contribution in [0.25, 0.3) is 0 Å². The first-order valence-electron chi connectivity index (χ1n) is 9.12. The van der Waals surface area contributed by atoms with Gasteiger partial charge < -0.3 is 19.7 Å². The van der Waals surface area contributed by atoms with Crippen molar-refractivity contribution in [3.63, 3.8) is 0 Å². The van der Waals surface area contributed by atoms with Crippen molar-refractivity contribution in [2.45, 2.75) is 13.0 Å². The van der Waals surface area contributed by atoms with Crippen molar-refractivity contribution in [1.29, 1.82) is 0 Å². The number of nitrogens with zero attached hydrogens (tertiary/aromatic N) is 2. The molecule has 0 bridgehead atoms. The van der Waals surface area contributed by atoms with Crippen molar-refractivity contribution in [3.05, 3.63) is 29.8 Å². The number of likely N-dealkylation sites (tertiary alicyclic amines) is 1. The third kappa shape index (κ3) is 5.03. The summed E-state index contributed by atoms with van der Waals surface area (Å²) < 4.78 is 10.5. The lowest BCUT2D eigenvalue weighted by atomic mass is 10.1. The molecule has 142 valence electrons. The van der Waals surface area contributed by atoms with E-state index < -0.39 is 0 Å². The highest BCUT2D eigenvalue weighted by molar-refractivity contribution is 5.97. The molecule has 0 spiro atoms. The molecule has 2 fully saturated rings. The average molecular weight is 361 g/mol. The highest BCUT2D eigenvalue weighted by Crippen LogP contribution is 2.20. The first kappa shape index (κ1) is 18.8. The van der Waals surface area contributed by atoms with Gasteiger partial charge in [-0.05, 0) is 17.7 Å². The number of methoxy groups -OCH3 is 1. The molecule has 7 nitrogen and oxygen atoms in total. The Labute approximate surface area is 154 Å². The topological polar surface area (TPSA) is 71.1 Å². The van der Waals surface area contributed by atoms with E-state index in [9.17, 15) is 9.59 Å². The van der Waals surface area contributed by atoms with E-state index in [0.717, 1.165) is 44.1 Å². The third-order valence-electron chi connectivity index (χ3n) is 4.88. The van der Waals surface area contributed by atoms with Gasteiger partial charge in [-0.3, -0.25) is 14.5 Å². The smallest absolute Gasteiger partial charge is 0.229 e. The standard InChI is InChI=1S/C19H27N3O4/c1-25-14-15-3-2-4-17(11-15)20-19(24)16-12-18(23)22(13-16)6-5-21-7-9-26-10-8-21/h2-4,11,16H,5-10,12-14H2,1H3,(H,20,24)/t16-/m0/s1. The van der Waals surface area contributed by atoms with Gasteiger partial charge in [0.15, 0.2) is 0 Å². The van der Waals surface area contributed by atoms with E-state index in [2.05, 4.69) is 10.2 Å². The summed E-state index contributed by atoms with van der Waals surface area (Å²) in [6.07, 6.45) is 0.284. The highest BCUT2D eigenvalue weighted by Gasteiger charge is 2.34. The monoisotopic (exact) mass is 361 g/mol. The summed E-state index contributed by atoms with van der Waals surface area (Å²) in [5.41, 5.74) is 1.74. The van der Waals surface area contributed by atoms with Crippen LogP contribution in [0.5, 0.6) is 0 Å². The summed E-state index contributed by atoms with van der Waals surface area (Å²) in [4.78, 5) is 28.9. The van der Waals surface area contributed by atoms with Gasteiger partial charge in [0.2, 0.25) is 11.8 Å². The Morgan fingerprint density at radius 3 is 2.88 bits per heavy atom. The van der Waals surface area contributed by atoms with Crippen LogP contribution in [0.2, 0.25) is 0 Å². The number of ether oxygens (including phenoxy) is 2. The molecule has 2 aliphatic rings. The van der Waals surface area contributed by atoms with Crippen molar-refractivity contribution >= 4 is 17.5 Å². The Morgan fingerprint density at radius 2 is 2.12 bits per heavy atom. The lowest BCUT2D eigenvalue weighted by Gasteiger charge is -2.28. The molecule has 0 aliphatic carbocycles. The molecule has 0 aromatic heterocycles. The zero-order valence-electron chi connectivity index (χ0n) is 15.3. The molecule has 2 saturated heterocycles. The Hall–Kier alpha value is -1.96. The molecule has 2 heterocycles. The molecule has 7 heteroatoms. The van der Waals surface area contributed by atoms with E-state index in [-0.39, 0.29) is 24.2 Å². The van der Waals surface area contributed by atoms with Gasteiger partial charge in [-0.15, -0.1) is 0 Å². The van der Waals surface area contributed by atoms with Crippen molar-refractivity contribution in [3.8, 4) is 0 Å². The number of carbonyl (C=O) groups excluding carboxylic acids is 2. The third-order valence-corrected chi connectivity index (χ3v) is 4.88. The lowest BCUT2D eigenvalue weighted by Crippen LogP contribution is -2.42. The first-order valence-corrected chi connectivity index (χ1v) is 9.12. The van der Waals surface area contributed by atoms with E-state index in [1.54, 1.807) is 12.0 Å². The van der Waals surface area contributed by atoms with E-state index in [0.29, 0.717) is 19.7 Å². The van der Waals surface area contributed by atoms with Crippen LogP contribution in [0, 0.1) is 5.92 Å². The first-order chi connectivity index (χ1) is 12.7. The average Bonchev–Trinajstić information content (AvgIpc) is 3.02. The molecule has 26 heavy (non-hydrogen) atoms. The maximum Gasteiger partial charge on any atom is 0.229 e. The number of nitrogens with one attached hydrogen (secondary N) is 1. The van der Waals surface area contributed by atoms with Crippen LogP contribution < -0.4 is 5.32 Å². The van der Waals surface area contributed by atoms with Crippen LogP contribution in [0.15, 0.2) is 24.3 Å². The molecule has 1 aromatic carbocycles. The largest absolute Gasteiger partial charge is 0.380 e. The molecule has 1 N–H and O–H groups in total. The summed E-state index contributed by atoms with van der Waals surface area (Å²) in [6.45, 7) is 5.82. The fraction of sp³-hybridized carbons (Fsp3) is 0.579. The van der Waals surface area contributed by atoms with E-state index in [1.807, 2.05) is 24.3 Å². The van der Waals surface area contributed by atoms with Crippen molar-refractivity contribution < 1.29 is 19.1 Å². The van der Waals surface area contributed by atoms with Gasteiger partial charge >= 0.3 is 0 Å². The van der Waals surface area contributed by atoms with E-state index in [4.69, 9.17) is 9.47 Å². The fourth-order valence-electron chi connectivity index (χ4n) is 3.40. The van der Waals surface area contributed by atoms with E-state index >= 15 is 0 Å². The summed E-state index contributed by atoms with van der Waals surface area (Å²) >= 11 is 0. The molecule has 0 radical (unpaired) electrons. The minimum atomic E-state index is -0.293. The predicted octanol–water partition coefficient (Wildman–Crippen LogP) is 0.952. The Bertz CT molecular complexity index is 631. The van der Waals surface area contributed by atoms with Crippen LogP contribution in [0.1, 0.15) is 12.0 Å². The number of carbonyl (C=O) groups is 2. The molecule has 2 aliphatic heterocycles. The SMILES string of the molecule is COCc1cccc(NC(=O)[C@H]2CC(=O)N(CCN3CCOCC3)C2)c1. The molecule has 2 amide bonds. The summed E-state index contributed by atoms with van der Waals surface area (Å²) in [5.74, 6) is -0.327. The molecule has 1 aromatic rings. The van der Waals surface area contributed by atoms with Crippen molar-refractivity contribution in [2.75, 3.05) is 58.4 Å². The second-order valence-electron chi connectivity index (χ2n) is 6.82. The molecule has 1 atom stereocenters. The minimum absolute atomic E-state index is 0.0616. The molecular weight excluding hydrogens is 334 g/mol. The molecule has 0 unspecified atom stereocenters. The summed E-state index contributed by atoms with van der Waals surface area (Å²) in [5, 5.41) is 2.93. The number of hydrogen-bond donors (Lipinski definition) is 1. The van der Waals surface area contributed by atoms with Crippen LogP contribution in [0.4, 0.5) is 5.69 Å². The Morgan fingerprint density at radius 1 is 1.31 bits per heavy atom. The van der Waals surface area contributed by atoms with Crippen LogP contribution in [0.3, 0.4) is 0 Å². The van der Waals surface area contributed by atoms with Crippen LogP contribution in [-0.2, 0) is 25.7 Å². The van der Waals surface area contributed by atoms with Crippen molar-refractivity contribution in [2.24, 2.45) is 5.92 Å². The van der Waals surface area contributed by atoms with Crippen LogP contribution >= 0.6 is 0 Å². The van der Waals surface area contributed by atoms with Gasteiger partial charge in [0.1, 0.15) is 0 Å². The molecular formula is C19H27N3O4. The van der Waals surface area contributed by atoms with Gasteiger partial charge in [-0.25, -0.2) is 0 Å². The van der Waals surface area contributed by atoms with Gasteiger partial charge in [0.25, 0.3) is 0 Å². The zero-order chi connectivity index (χ0) is 18.4. The summed E-state index contributed by atoms with van der Waals surface area (Å²) in [6, 6.07) is 7.59. The highest BCUT2D eigenvalue weighted by atomic mass is 16.5. The van der Waals surface area contributed by atoms with Gasteiger partial charge in [0, 0.05) is 51.9 Å². The second kappa shape index (κ2) is 9.12. The number of anilines is 1. The maximum atomic E-state index is 12.5. The number of rotatable bonds is 7. The Balaban J connectivity index is 1.49. The number of hydrogen-bond acceptors (Lipinski definition) is 5.